The highest BCUT2D eigenvalue weighted by molar-refractivity contribution is 5.95. The fourth-order valence-corrected chi connectivity index (χ4v) is 2.06. The molecule has 2 rings (SSSR count). The molecule has 1 unspecified atom stereocenters. The largest absolute Gasteiger partial charge is 0.434 e. The van der Waals surface area contributed by atoms with E-state index in [-0.39, 0.29) is 6.54 Å². The van der Waals surface area contributed by atoms with Crippen LogP contribution in [0.15, 0.2) is 48.7 Å². The predicted octanol–water partition coefficient (Wildman–Crippen LogP) is 2.74. The molecule has 0 aliphatic carbocycles. The molecule has 0 fully saturated rings. The monoisotopic (exact) mass is 324 g/mol. The van der Waals surface area contributed by atoms with Crippen LogP contribution in [0.2, 0.25) is 0 Å². The van der Waals surface area contributed by atoms with Crippen molar-refractivity contribution in [1.29, 1.82) is 0 Å². The molecule has 0 aliphatic rings. The Kier molecular flexibility index (Phi) is 4.70. The molecule has 1 aromatic carbocycles. The molecule has 1 atom stereocenters. The van der Waals surface area contributed by atoms with Gasteiger partial charge in [0.05, 0.1) is 12.1 Å². The normalized spacial score (nSPS) is 14.1. The smallest absolute Gasteiger partial charge is 0.384 e. The molecule has 23 heavy (non-hydrogen) atoms. The van der Waals surface area contributed by atoms with Gasteiger partial charge in [0, 0.05) is 6.20 Å². The number of aliphatic hydroxyl groups is 1. The second-order valence-electron chi connectivity index (χ2n) is 5.22. The number of carbonyl (C=O) groups is 1. The lowest BCUT2D eigenvalue weighted by molar-refractivity contribution is -0.141. The van der Waals surface area contributed by atoms with Crippen LogP contribution >= 0.6 is 0 Å². The number of nitrogens with zero attached hydrogens (tertiary/aromatic N) is 1. The number of aromatic nitrogens is 1. The molecule has 2 aromatic rings. The molecule has 2 N–H and O–H groups in total. The van der Waals surface area contributed by atoms with Crippen molar-refractivity contribution >= 4 is 5.91 Å². The van der Waals surface area contributed by atoms with Gasteiger partial charge in [0.15, 0.2) is 5.69 Å². The SMILES string of the molecule is CC(O)(CNC(=O)c1cccnc1C(F)(F)F)c1ccccc1. The number of amides is 1. The minimum absolute atomic E-state index is 0.234. The summed E-state index contributed by atoms with van der Waals surface area (Å²) in [7, 11) is 0. The summed E-state index contributed by atoms with van der Waals surface area (Å²) < 4.78 is 38.6. The maximum absolute atomic E-state index is 12.9. The number of hydrogen-bond donors (Lipinski definition) is 2. The molecule has 0 aliphatic heterocycles. The Balaban J connectivity index is 2.15. The van der Waals surface area contributed by atoms with Crippen LogP contribution in [0.25, 0.3) is 0 Å². The first-order chi connectivity index (χ1) is 10.7. The van der Waals surface area contributed by atoms with Gasteiger partial charge in [0.25, 0.3) is 5.91 Å². The van der Waals surface area contributed by atoms with Crippen molar-refractivity contribution in [3.8, 4) is 0 Å². The Morgan fingerprint density at radius 1 is 1.17 bits per heavy atom. The van der Waals surface area contributed by atoms with E-state index in [1.807, 2.05) is 0 Å². The van der Waals surface area contributed by atoms with E-state index in [1.165, 1.54) is 13.0 Å². The van der Waals surface area contributed by atoms with Crippen LogP contribution in [0, 0.1) is 0 Å². The van der Waals surface area contributed by atoms with Gasteiger partial charge in [0.2, 0.25) is 0 Å². The van der Waals surface area contributed by atoms with Crippen molar-refractivity contribution in [3.05, 3.63) is 65.5 Å². The van der Waals surface area contributed by atoms with Crippen LogP contribution in [0.3, 0.4) is 0 Å². The van der Waals surface area contributed by atoms with Gasteiger partial charge >= 0.3 is 6.18 Å². The number of pyridine rings is 1. The number of rotatable bonds is 4. The zero-order valence-corrected chi connectivity index (χ0v) is 12.3. The summed E-state index contributed by atoms with van der Waals surface area (Å²) in [5, 5.41) is 12.7. The number of halogens is 3. The van der Waals surface area contributed by atoms with E-state index in [4.69, 9.17) is 0 Å². The van der Waals surface area contributed by atoms with Gasteiger partial charge < -0.3 is 10.4 Å². The van der Waals surface area contributed by atoms with E-state index >= 15 is 0 Å². The Bertz CT molecular complexity index is 685. The first-order valence-corrected chi connectivity index (χ1v) is 6.80. The highest BCUT2D eigenvalue weighted by atomic mass is 19.4. The lowest BCUT2D eigenvalue weighted by Crippen LogP contribution is -2.39. The maximum atomic E-state index is 12.9. The van der Waals surface area contributed by atoms with Gasteiger partial charge in [-0.05, 0) is 24.6 Å². The van der Waals surface area contributed by atoms with Crippen LogP contribution in [-0.2, 0) is 11.8 Å². The van der Waals surface area contributed by atoms with E-state index in [9.17, 15) is 23.1 Å². The number of nitrogens with one attached hydrogen (secondary N) is 1. The van der Waals surface area contributed by atoms with Crippen LogP contribution in [0.4, 0.5) is 13.2 Å². The van der Waals surface area contributed by atoms with Gasteiger partial charge in [-0.2, -0.15) is 13.2 Å². The number of carbonyl (C=O) groups excluding carboxylic acids is 1. The summed E-state index contributed by atoms with van der Waals surface area (Å²) >= 11 is 0. The summed E-state index contributed by atoms with van der Waals surface area (Å²) in [5.74, 6) is -0.943. The summed E-state index contributed by atoms with van der Waals surface area (Å²) in [5.41, 5.74) is -2.69. The first kappa shape index (κ1) is 17.0. The predicted molar refractivity (Wildman–Crippen MR) is 77.6 cm³/mol. The van der Waals surface area contributed by atoms with Crippen LogP contribution < -0.4 is 5.32 Å². The quantitative estimate of drug-likeness (QED) is 0.909. The van der Waals surface area contributed by atoms with Gasteiger partial charge in [0.1, 0.15) is 5.60 Å². The van der Waals surface area contributed by atoms with Crippen LogP contribution in [-0.4, -0.2) is 22.5 Å². The minimum Gasteiger partial charge on any atom is -0.384 e. The molecular weight excluding hydrogens is 309 g/mol. The van der Waals surface area contributed by atoms with Crippen molar-refractivity contribution in [1.82, 2.24) is 10.3 Å². The molecule has 1 aromatic heterocycles. The summed E-state index contributed by atoms with van der Waals surface area (Å²) in [6.45, 7) is 1.23. The summed E-state index contributed by atoms with van der Waals surface area (Å²) in [6, 6.07) is 10.8. The van der Waals surface area contributed by atoms with Crippen molar-refractivity contribution in [3.63, 3.8) is 0 Å². The zero-order chi connectivity index (χ0) is 17.1. The zero-order valence-electron chi connectivity index (χ0n) is 12.3. The number of benzene rings is 1. The third kappa shape index (κ3) is 4.07. The minimum atomic E-state index is -4.73. The Morgan fingerprint density at radius 2 is 1.83 bits per heavy atom. The molecule has 1 heterocycles. The second-order valence-corrected chi connectivity index (χ2v) is 5.22. The molecule has 7 heteroatoms. The molecular formula is C16H15F3N2O2. The summed E-state index contributed by atoms with van der Waals surface area (Å²) in [6.07, 6.45) is -3.75. The van der Waals surface area contributed by atoms with E-state index in [2.05, 4.69) is 10.3 Å². The van der Waals surface area contributed by atoms with Crippen LogP contribution in [0.5, 0.6) is 0 Å². The molecule has 1 amide bonds. The molecule has 0 bridgehead atoms. The van der Waals surface area contributed by atoms with E-state index in [0.717, 1.165) is 12.3 Å². The molecule has 4 nitrogen and oxygen atoms in total. The maximum Gasteiger partial charge on any atom is 0.434 e. The first-order valence-electron chi connectivity index (χ1n) is 6.80. The van der Waals surface area contributed by atoms with Gasteiger partial charge in [-0.15, -0.1) is 0 Å². The average Bonchev–Trinajstić information content (AvgIpc) is 2.53. The summed E-state index contributed by atoms with van der Waals surface area (Å²) in [4.78, 5) is 15.3. The third-order valence-electron chi connectivity index (χ3n) is 3.31. The second kappa shape index (κ2) is 6.37. The van der Waals surface area contributed by atoms with Gasteiger partial charge in [-0.25, -0.2) is 0 Å². The standard InChI is InChI=1S/C16H15F3N2O2/c1-15(23,11-6-3-2-4-7-11)10-21-14(22)12-8-5-9-20-13(12)16(17,18)19/h2-9,23H,10H2,1H3,(H,21,22). The van der Waals surface area contributed by atoms with Crippen molar-refractivity contribution < 1.29 is 23.1 Å². The molecule has 0 saturated carbocycles. The average molecular weight is 324 g/mol. The molecule has 122 valence electrons. The van der Waals surface area contributed by atoms with E-state index < -0.39 is 28.9 Å². The Hall–Kier alpha value is -2.41. The number of hydrogen-bond acceptors (Lipinski definition) is 3. The lowest BCUT2D eigenvalue weighted by atomic mass is 9.96. The van der Waals surface area contributed by atoms with Crippen molar-refractivity contribution in [2.45, 2.75) is 18.7 Å². The Labute approximate surface area is 131 Å². The Morgan fingerprint density at radius 3 is 2.43 bits per heavy atom. The van der Waals surface area contributed by atoms with Crippen molar-refractivity contribution in [2.24, 2.45) is 0 Å². The molecule has 0 radical (unpaired) electrons. The third-order valence-corrected chi connectivity index (χ3v) is 3.31. The number of alkyl halides is 3. The highest BCUT2D eigenvalue weighted by Crippen LogP contribution is 2.30. The highest BCUT2D eigenvalue weighted by Gasteiger charge is 2.37. The van der Waals surface area contributed by atoms with Gasteiger partial charge in [-0.1, -0.05) is 30.3 Å². The van der Waals surface area contributed by atoms with E-state index in [1.54, 1.807) is 30.3 Å². The fraction of sp³-hybridized carbons (Fsp3) is 0.250. The topological polar surface area (TPSA) is 62.2 Å². The van der Waals surface area contributed by atoms with Crippen LogP contribution in [0.1, 0.15) is 28.5 Å². The van der Waals surface area contributed by atoms with Crippen molar-refractivity contribution in [2.75, 3.05) is 6.54 Å². The molecule has 0 spiro atoms. The molecule has 0 saturated heterocycles. The van der Waals surface area contributed by atoms with E-state index in [0.29, 0.717) is 5.56 Å². The van der Waals surface area contributed by atoms with Gasteiger partial charge in [-0.3, -0.25) is 9.78 Å². The lowest BCUT2D eigenvalue weighted by Gasteiger charge is -2.24. The fourth-order valence-electron chi connectivity index (χ4n) is 2.06.